The first-order chi connectivity index (χ1) is 7.92. The van der Waals surface area contributed by atoms with Gasteiger partial charge in [-0.05, 0) is 37.0 Å². The Balaban J connectivity index is 2.80. The van der Waals surface area contributed by atoms with Gasteiger partial charge in [0.1, 0.15) is 5.75 Å². The minimum absolute atomic E-state index is 0.0337. The number of aliphatic hydroxyl groups is 1. The molecule has 0 unspecified atom stereocenters. The van der Waals surface area contributed by atoms with Crippen molar-refractivity contribution in [2.75, 3.05) is 6.61 Å². The molecule has 1 aromatic rings. The van der Waals surface area contributed by atoms with Crippen LogP contribution in [0.15, 0.2) is 22.7 Å². The Labute approximate surface area is 106 Å². The van der Waals surface area contributed by atoms with Crippen LogP contribution >= 0.6 is 15.9 Å². The van der Waals surface area contributed by atoms with Crippen molar-refractivity contribution >= 4 is 15.9 Å². The normalized spacial score (nSPS) is 11.6. The molecular weight excluding hydrogens is 301 g/mol. The highest BCUT2D eigenvalue weighted by molar-refractivity contribution is 9.10. The van der Waals surface area contributed by atoms with Gasteiger partial charge in [-0.3, -0.25) is 0 Å². The number of rotatable bonds is 5. The maximum Gasteiger partial charge on any atom is 0.573 e. The molecule has 0 aromatic heterocycles. The first kappa shape index (κ1) is 14.3. The summed E-state index contributed by atoms with van der Waals surface area (Å²) in [6.45, 7) is 0.0337. The fourth-order valence-corrected chi connectivity index (χ4v) is 1.72. The maximum atomic E-state index is 12.2. The summed E-state index contributed by atoms with van der Waals surface area (Å²) in [5.41, 5.74) is 0.485. The molecule has 2 nitrogen and oxygen atoms in total. The fraction of sp³-hybridized carbons (Fsp3) is 0.455. The Morgan fingerprint density at radius 1 is 1.24 bits per heavy atom. The lowest BCUT2D eigenvalue weighted by molar-refractivity contribution is -0.274. The Hall–Kier alpha value is -0.750. The third kappa shape index (κ3) is 5.41. The molecule has 17 heavy (non-hydrogen) atoms. The highest BCUT2D eigenvalue weighted by Crippen LogP contribution is 2.30. The number of benzene rings is 1. The number of aryl methyl sites for hydroxylation is 1. The van der Waals surface area contributed by atoms with Crippen LogP contribution < -0.4 is 4.74 Å². The van der Waals surface area contributed by atoms with E-state index in [1.807, 2.05) is 0 Å². The quantitative estimate of drug-likeness (QED) is 0.841. The van der Waals surface area contributed by atoms with Crippen LogP contribution in [0.2, 0.25) is 0 Å². The molecule has 0 heterocycles. The fourth-order valence-electron chi connectivity index (χ4n) is 1.38. The number of alkyl halides is 3. The van der Waals surface area contributed by atoms with E-state index in [0.717, 1.165) is 0 Å². The van der Waals surface area contributed by atoms with Gasteiger partial charge in [-0.2, -0.15) is 0 Å². The molecule has 0 aliphatic carbocycles. The number of aliphatic hydroxyl groups excluding tert-OH is 1. The van der Waals surface area contributed by atoms with Crippen molar-refractivity contribution in [1.82, 2.24) is 0 Å². The van der Waals surface area contributed by atoms with Crippen LogP contribution in [0.5, 0.6) is 5.75 Å². The largest absolute Gasteiger partial charge is 0.573 e. The molecule has 0 saturated carbocycles. The molecular formula is C11H12BrF3O2. The van der Waals surface area contributed by atoms with E-state index in [4.69, 9.17) is 5.11 Å². The molecule has 0 saturated heterocycles. The predicted octanol–water partition coefficient (Wildman–Crippen LogP) is 3.66. The number of hydrogen-bond acceptors (Lipinski definition) is 2. The summed E-state index contributed by atoms with van der Waals surface area (Å²) in [6.07, 6.45) is -3.07. The van der Waals surface area contributed by atoms with E-state index in [0.29, 0.717) is 29.3 Å². The zero-order valence-corrected chi connectivity index (χ0v) is 10.5. The molecule has 0 aliphatic rings. The van der Waals surface area contributed by atoms with Crippen molar-refractivity contribution < 1.29 is 23.0 Å². The van der Waals surface area contributed by atoms with Gasteiger partial charge in [0.2, 0.25) is 0 Å². The lowest BCUT2D eigenvalue weighted by atomic mass is 10.1. The van der Waals surface area contributed by atoms with Crippen molar-refractivity contribution in [2.24, 2.45) is 0 Å². The lowest BCUT2D eigenvalue weighted by Crippen LogP contribution is -2.18. The summed E-state index contributed by atoms with van der Waals surface area (Å²) < 4.78 is 41.0. The van der Waals surface area contributed by atoms with Crippen molar-refractivity contribution in [3.8, 4) is 5.75 Å². The number of halogens is 4. The average Bonchev–Trinajstić information content (AvgIpc) is 2.19. The highest BCUT2D eigenvalue weighted by Gasteiger charge is 2.32. The highest BCUT2D eigenvalue weighted by atomic mass is 79.9. The topological polar surface area (TPSA) is 29.5 Å². The van der Waals surface area contributed by atoms with Gasteiger partial charge >= 0.3 is 6.36 Å². The Morgan fingerprint density at radius 2 is 1.94 bits per heavy atom. The molecule has 6 heteroatoms. The first-order valence-electron chi connectivity index (χ1n) is 5.07. The van der Waals surface area contributed by atoms with Crippen molar-refractivity contribution in [2.45, 2.75) is 25.6 Å². The summed E-state index contributed by atoms with van der Waals surface area (Å²) in [7, 11) is 0. The van der Waals surface area contributed by atoms with Crippen LogP contribution in [0.1, 0.15) is 18.4 Å². The van der Waals surface area contributed by atoms with Crippen molar-refractivity contribution in [1.29, 1.82) is 0 Å². The maximum absolute atomic E-state index is 12.2. The van der Waals surface area contributed by atoms with Gasteiger partial charge in [-0.1, -0.05) is 22.0 Å². The lowest BCUT2D eigenvalue weighted by Gasteiger charge is -2.13. The Kier molecular flexibility index (Phi) is 5.27. The zero-order chi connectivity index (χ0) is 12.9. The third-order valence-corrected chi connectivity index (χ3v) is 2.60. The molecule has 0 fully saturated rings. The molecule has 96 valence electrons. The average molecular weight is 313 g/mol. The summed E-state index contributed by atoms with van der Waals surface area (Å²) in [4.78, 5) is 0. The zero-order valence-electron chi connectivity index (χ0n) is 8.93. The van der Waals surface area contributed by atoms with Crippen molar-refractivity contribution in [3.63, 3.8) is 0 Å². The molecule has 0 radical (unpaired) electrons. The minimum atomic E-state index is -4.69. The molecule has 1 N–H and O–H groups in total. The molecule has 1 rings (SSSR count). The van der Waals surface area contributed by atoms with Crippen LogP contribution in [-0.4, -0.2) is 18.1 Å². The van der Waals surface area contributed by atoms with E-state index in [9.17, 15) is 13.2 Å². The second-order valence-corrected chi connectivity index (χ2v) is 4.40. The summed E-state index contributed by atoms with van der Waals surface area (Å²) >= 11 is 3.10. The van der Waals surface area contributed by atoms with Crippen molar-refractivity contribution in [3.05, 3.63) is 28.2 Å². The second-order valence-electron chi connectivity index (χ2n) is 3.48. The first-order valence-corrected chi connectivity index (χ1v) is 5.86. The van der Waals surface area contributed by atoms with E-state index in [1.54, 1.807) is 12.1 Å². The molecule has 0 spiro atoms. The molecule has 0 atom stereocenters. The van der Waals surface area contributed by atoms with Gasteiger partial charge in [0, 0.05) is 11.1 Å². The van der Waals surface area contributed by atoms with Gasteiger partial charge in [0.05, 0.1) is 0 Å². The monoisotopic (exact) mass is 312 g/mol. The predicted molar refractivity (Wildman–Crippen MR) is 60.8 cm³/mol. The summed E-state index contributed by atoms with van der Waals surface area (Å²) in [6, 6.07) is 4.54. The van der Waals surface area contributed by atoms with Gasteiger partial charge < -0.3 is 9.84 Å². The van der Waals surface area contributed by atoms with Gasteiger partial charge in [-0.15, -0.1) is 13.2 Å². The summed E-state index contributed by atoms with van der Waals surface area (Å²) in [5, 5.41) is 8.63. The molecule has 0 amide bonds. The standard InChI is InChI=1S/C11H12BrF3O2/c12-9-5-4-8(3-1-2-6-16)10(7-9)17-11(13,14)15/h4-5,7,16H,1-3,6H2. The van der Waals surface area contributed by atoms with Gasteiger partial charge in [0.25, 0.3) is 0 Å². The van der Waals surface area contributed by atoms with Gasteiger partial charge in [-0.25, -0.2) is 0 Å². The van der Waals surface area contributed by atoms with E-state index < -0.39 is 6.36 Å². The SMILES string of the molecule is OCCCCc1ccc(Br)cc1OC(F)(F)F. The number of hydrogen-bond donors (Lipinski definition) is 1. The molecule has 0 aliphatic heterocycles. The van der Waals surface area contributed by atoms with Gasteiger partial charge in [0.15, 0.2) is 0 Å². The van der Waals surface area contributed by atoms with E-state index >= 15 is 0 Å². The van der Waals surface area contributed by atoms with Crippen LogP contribution in [0.25, 0.3) is 0 Å². The summed E-state index contributed by atoms with van der Waals surface area (Å²) in [5.74, 6) is -0.190. The third-order valence-electron chi connectivity index (χ3n) is 2.11. The number of ether oxygens (including phenoxy) is 1. The number of unbranched alkanes of at least 4 members (excludes halogenated alkanes) is 1. The van der Waals surface area contributed by atoms with Crippen LogP contribution in [0.3, 0.4) is 0 Å². The van der Waals surface area contributed by atoms with E-state index in [2.05, 4.69) is 20.7 Å². The minimum Gasteiger partial charge on any atom is -0.405 e. The molecule has 0 bridgehead atoms. The second kappa shape index (κ2) is 6.26. The van der Waals surface area contributed by atoms with E-state index in [-0.39, 0.29) is 12.4 Å². The van der Waals surface area contributed by atoms with Crippen LogP contribution in [0.4, 0.5) is 13.2 Å². The molecule has 1 aromatic carbocycles. The Morgan fingerprint density at radius 3 is 2.53 bits per heavy atom. The Bertz CT molecular complexity index is 366. The smallest absolute Gasteiger partial charge is 0.405 e. The van der Waals surface area contributed by atoms with E-state index in [1.165, 1.54) is 6.07 Å². The van der Waals surface area contributed by atoms with Crippen LogP contribution in [0, 0.1) is 0 Å². The van der Waals surface area contributed by atoms with Crippen LogP contribution in [-0.2, 0) is 6.42 Å².